The van der Waals surface area contributed by atoms with Gasteiger partial charge in [-0.15, -0.1) is 0 Å². The van der Waals surface area contributed by atoms with Crippen molar-refractivity contribution in [1.29, 1.82) is 0 Å². The quantitative estimate of drug-likeness (QED) is 0.696. The average molecular weight is 257 g/mol. The SMILES string of the molecule is CCC(C)Nc1cc(S(=O)(=O)NC)ccc1N. The monoisotopic (exact) mass is 257 g/mol. The zero-order chi connectivity index (χ0) is 13.1. The van der Waals surface area contributed by atoms with Crippen LogP contribution in [-0.2, 0) is 10.0 Å². The van der Waals surface area contributed by atoms with Gasteiger partial charge in [-0.2, -0.15) is 0 Å². The molecule has 0 bridgehead atoms. The molecule has 0 radical (unpaired) electrons. The molecule has 0 fully saturated rings. The Morgan fingerprint density at radius 3 is 2.59 bits per heavy atom. The van der Waals surface area contributed by atoms with Gasteiger partial charge >= 0.3 is 0 Å². The summed E-state index contributed by atoms with van der Waals surface area (Å²) in [5.41, 5.74) is 6.99. The predicted molar refractivity (Wildman–Crippen MR) is 70.5 cm³/mol. The van der Waals surface area contributed by atoms with E-state index < -0.39 is 10.0 Å². The predicted octanol–water partition coefficient (Wildman–Crippen LogP) is 1.39. The molecule has 0 aromatic heterocycles. The number of anilines is 2. The smallest absolute Gasteiger partial charge is 0.240 e. The summed E-state index contributed by atoms with van der Waals surface area (Å²) >= 11 is 0. The number of sulfonamides is 1. The molecule has 96 valence electrons. The molecule has 6 heteroatoms. The molecule has 1 unspecified atom stereocenters. The lowest BCUT2D eigenvalue weighted by atomic mass is 10.2. The van der Waals surface area contributed by atoms with E-state index in [1.165, 1.54) is 13.1 Å². The summed E-state index contributed by atoms with van der Waals surface area (Å²) in [6.45, 7) is 4.06. The van der Waals surface area contributed by atoms with Crippen LogP contribution in [-0.4, -0.2) is 21.5 Å². The van der Waals surface area contributed by atoms with E-state index in [0.717, 1.165) is 6.42 Å². The van der Waals surface area contributed by atoms with Crippen molar-refractivity contribution in [3.63, 3.8) is 0 Å². The van der Waals surface area contributed by atoms with Crippen molar-refractivity contribution < 1.29 is 8.42 Å². The third kappa shape index (κ3) is 3.34. The zero-order valence-electron chi connectivity index (χ0n) is 10.3. The van der Waals surface area contributed by atoms with Crippen LogP contribution in [0.1, 0.15) is 20.3 Å². The molecule has 0 aliphatic carbocycles. The van der Waals surface area contributed by atoms with Crippen molar-refractivity contribution in [2.45, 2.75) is 31.2 Å². The number of nitrogens with one attached hydrogen (secondary N) is 2. The van der Waals surface area contributed by atoms with Crippen LogP contribution in [0, 0.1) is 0 Å². The molecule has 1 atom stereocenters. The summed E-state index contributed by atoms with van der Waals surface area (Å²) in [4.78, 5) is 0.208. The summed E-state index contributed by atoms with van der Waals surface area (Å²) in [7, 11) is -2.04. The van der Waals surface area contributed by atoms with Gasteiger partial charge in [0.05, 0.1) is 16.3 Å². The highest BCUT2D eigenvalue weighted by atomic mass is 32.2. The van der Waals surface area contributed by atoms with Crippen LogP contribution in [0.5, 0.6) is 0 Å². The first-order valence-corrected chi connectivity index (χ1v) is 6.98. The highest BCUT2D eigenvalue weighted by Crippen LogP contribution is 2.23. The van der Waals surface area contributed by atoms with E-state index in [1.807, 2.05) is 13.8 Å². The zero-order valence-corrected chi connectivity index (χ0v) is 11.1. The summed E-state index contributed by atoms with van der Waals surface area (Å²) in [6, 6.07) is 4.87. The maximum absolute atomic E-state index is 11.6. The largest absolute Gasteiger partial charge is 0.397 e. The van der Waals surface area contributed by atoms with Gasteiger partial charge in [0, 0.05) is 6.04 Å². The third-order valence-electron chi connectivity index (χ3n) is 2.62. The molecule has 0 aliphatic rings. The molecule has 0 saturated heterocycles. The van der Waals surface area contributed by atoms with Gasteiger partial charge in [0.25, 0.3) is 0 Å². The van der Waals surface area contributed by atoms with Crippen LogP contribution < -0.4 is 15.8 Å². The Hall–Kier alpha value is -1.27. The third-order valence-corrected chi connectivity index (χ3v) is 4.03. The fourth-order valence-corrected chi connectivity index (χ4v) is 2.07. The Balaban J connectivity index is 3.11. The summed E-state index contributed by atoms with van der Waals surface area (Å²) in [6.07, 6.45) is 0.933. The molecule has 0 spiro atoms. The maximum atomic E-state index is 11.6. The molecule has 0 aliphatic heterocycles. The molecular formula is C11H19N3O2S. The number of hydrogen-bond donors (Lipinski definition) is 3. The molecule has 1 aromatic rings. The molecule has 1 rings (SSSR count). The summed E-state index contributed by atoms with van der Waals surface area (Å²) in [5.74, 6) is 0. The van der Waals surface area contributed by atoms with Gasteiger partial charge < -0.3 is 11.1 Å². The second-order valence-electron chi connectivity index (χ2n) is 3.91. The van der Waals surface area contributed by atoms with Crippen molar-refractivity contribution >= 4 is 21.4 Å². The van der Waals surface area contributed by atoms with Gasteiger partial charge in [-0.3, -0.25) is 0 Å². The Morgan fingerprint density at radius 1 is 1.41 bits per heavy atom. The van der Waals surface area contributed by atoms with E-state index in [9.17, 15) is 8.42 Å². The number of nitrogen functional groups attached to an aromatic ring is 1. The van der Waals surface area contributed by atoms with Gasteiger partial charge in [0.15, 0.2) is 0 Å². The second-order valence-corrected chi connectivity index (χ2v) is 5.80. The first-order valence-electron chi connectivity index (χ1n) is 5.50. The van der Waals surface area contributed by atoms with Crippen LogP contribution in [0.4, 0.5) is 11.4 Å². The van der Waals surface area contributed by atoms with Gasteiger partial charge in [-0.25, -0.2) is 13.1 Å². The van der Waals surface area contributed by atoms with Crippen molar-refractivity contribution in [3.05, 3.63) is 18.2 Å². The Labute approximate surface area is 102 Å². The molecule has 1 aromatic carbocycles. The fourth-order valence-electron chi connectivity index (χ4n) is 1.31. The van der Waals surface area contributed by atoms with E-state index in [1.54, 1.807) is 12.1 Å². The fraction of sp³-hybridized carbons (Fsp3) is 0.455. The minimum absolute atomic E-state index is 0.208. The normalized spacial score (nSPS) is 13.4. The van der Waals surface area contributed by atoms with Crippen LogP contribution in [0.15, 0.2) is 23.1 Å². The van der Waals surface area contributed by atoms with E-state index in [0.29, 0.717) is 11.4 Å². The van der Waals surface area contributed by atoms with Crippen molar-refractivity contribution in [3.8, 4) is 0 Å². The molecule has 0 saturated carbocycles. The van der Waals surface area contributed by atoms with Crippen LogP contribution in [0.3, 0.4) is 0 Å². The summed E-state index contributed by atoms with van der Waals surface area (Å²) < 4.78 is 25.6. The molecule has 5 nitrogen and oxygen atoms in total. The van der Waals surface area contributed by atoms with Crippen molar-refractivity contribution in [2.24, 2.45) is 0 Å². The standard InChI is InChI=1S/C11H19N3O2S/c1-4-8(2)14-11-7-9(5-6-10(11)12)17(15,16)13-3/h5-8,13-14H,4,12H2,1-3H3. The van der Waals surface area contributed by atoms with Gasteiger partial charge in [0.2, 0.25) is 10.0 Å². The number of hydrogen-bond acceptors (Lipinski definition) is 4. The summed E-state index contributed by atoms with van der Waals surface area (Å²) in [5, 5.41) is 3.18. The van der Waals surface area contributed by atoms with E-state index >= 15 is 0 Å². The van der Waals surface area contributed by atoms with Crippen LogP contribution in [0.25, 0.3) is 0 Å². The first-order chi connectivity index (χ1) is 7.90. The van der Waals surface area contributed by atoms with Gasteiger partial charge in [-0.1, -0.05) is 6.92 Å². The van der Waals surface area contributed by atoms with E-state index in [4.69, 9.17) is 5.73 Å². The van der Waals surface area contributed by atoms with Crippen LogP contribution >= 0.6 is 0 Å². The first kappa shape index (κ1) is 13.8. The topological polar surface area (TPSA) is 84.2 Å². The molecular weight excluding hydrogens is 238 g/mol. The lowest BCUT2D eigenvalue weighted by molar-refractivity contribution is 0.588. The second kappa shape index (κ2) is 5.37. The molecule has 0 heterocycles. The van der Waals surface area contributed by atoms with Crippen molar-refractivity contribution in [2.75, 3.05) is 18.1 Å². The molecule has 0 amide bonds. The number of rotatable bonds is 5. The highest BCUT2D eigenvalue weighted by molar-refractivity contribution is 7.89. The highest BCUT2D eigenvalue weighted by Gasteiger charge is 2.13. The van der Waals surface area contributed by atoms with Crippen LogP contribution in [0.2, 0.25) is 0 Å². The lowest BCUT2D eigenvalue weighted by Crippen LogP contribution is -2.20. The van der Waals surface area contributed by atoms with Gasteiger partial charge in [0.1, 0.15) is 0 Å². The maximum Gasteiger partial charge on any atom is 0.240 e. The minimum atomic E-state index is -3.43. The molecule has 17 heavy (non-hydrogen) atoms. The number of nitrogens with two attached hydrogens (primary N) is 1. The van der Waals surface area contributed by atoms with Crippen molar-refractivity contribution in [1.82, 2.24) is 4.72 Å². The van der Waals surface area contributed by atoms with Gasteiger partial charge in [-0.05, 0) is 38.6 Å². The average Bonchev–Trinajstić information content (AvgIpc) is 2.31. The minimum Gasteiger partial charge on any atom is -0.397 e. The molecule has 4 N–H and O–H groups in total. The Kier molecular flexibility index (Phi) is 4.36. The Morgan fingerprint density at radius 2 is 2.06 bits per heavy atom. The van der Waals surface area contributed by atoms with E-state index in [2.05, 4.69) is 10.0 Å². The Bertz CT molecular complexity index is 485. The number of benzene rings is 1. The van der Waals surface area contributed by atoms with E-state index in [-0.39, 0.29) is 10.9 Å². The lowest BCUT2D eigenvalue weighted by Gasteiger charge is -2.16.